The molecule has 1 saturated heterocycles. The van der Waals surface area contributed by atoms with E-state index in [1.54, 1.807) is 0 Å². The molecule has 0 radical (unpaired) electrons. The Kier molecular flexibility index (Phi) is 3.34. The van der Waals surface area contributed by atoms with Crippen molar-refractivity contribution in [1.29, 1.82) is 0 Å². The van der Waals surface area contributed by atoms with Gasteiger partial charge in [-0.1, -0.05) is 39.3 Å². The quantitative estimate of drug-likeness (QED) is 0.450. The first kappa shape index (κ1) is 14.4. The summed E-state index contributed by atoms with van der Waals surface area (Å²) >= 11 is 0. The molecule has 0 aromatic heterocycles. The second-order valence-corrected chi connectivity index (χ2v) is 17.1. The lowest BCUT2D eigenvalue weighted by Gasteiger charge is -2.54. The first-order valence-electron chi connectivity index (χ1n) is 5.96. The second-order valence-electron chi connectivity index (χ2n) is 6.83. The van der Waals surface area contributed by atoms with Gasteiger partial charge in [0.05, 0.1) is 16.1 Å². The molecule has 1 aliphatic rings. The molecular weight excluding hydrogens is 248 g/mol. The average molecular weight is 270 g/mol. The van der Waals surface area contributed by atoms with Crippen LogP contribution in [0.1, 0.15) is 6.92 Å². The number of carbonyl (C=O) groups is 1. The molecule has 0 saturated carbocycles. The smallest absolute Gasteiger partial charge is 0.317 e. The monoisotopic (exact) mass is 270 g/mol. The summed E-state index contributed by atoms with van der Waals surface area (Å²) in [5.41, 5.74) is 0. The number of esters is 1. The lowest BCUT2D eigenvalue weighted by molar-refractivity contribution is -0.175. The van der Waals surface area contributed by atoms with Gasteiger partial charge < -0.3 is 4.74 Å². The van der Waals surface area contributed by atoms with Gasteiger partial charge in [-0.25, -0.2) is 4.79 Å². The zero-order chi connectivity index (χ0) is 13.6. The number of hydrogen-bond donors (Lipinski definition) is 0. The van der Waals surface area contributed by atoms with E-state index < -0.39 is 21.2 Å². The van der Waals surface area contributed by atoms with E-state index in [2.05, 4.69) is 45.2 Å². The summed E-state index contributed by atoms with van der Waals surface area (Å²) < 4.78 is 5.18. The number of cyclic esters (lactones) is 1. The van der Waals surface area contributed by atoms with Gasteiger partial charge >= 0.3 is 5.97 Å². The summed E-state index contributed by atoms with van der Waals surface area (Å²) in [6.07, 6.45) is -0.176. The topological polar surface area (TPSA) is 43.4 Å². The van der Waals surface area contributed by atoms with Crippen molar-refractivity contribution in [1.82, 2.24) is 0 Å². The third kappa shape index (κ3) is 1.86. The molecular formula is C12H22O3Si2. The van der Waals surface area contributed by atoms with Crippen LogP contribution in [0.15, 0.2) is 5.20 Å². The minimum Gasteiger partial charge on any atom is -0.461 e. The Morgan fingerprint density at radius 3 is 1.82 bits per heavy atom. The normalized spacial score (nSPS) is 29.1. The summed E-state index contributed by atoms with van der Waals surface area (Å²) in [6.45, 7) is 14.6. The average Bonchev–Trinajstić information content (AvgIpc) is 2.09. The Morgan fingerprint density at radius 1 is 1.24 bits per heavy atom. The minimum atomic E-state index is -1.88. The van der Waals surface area contributed by atoms with Crippen LogP contribution in [-0.4, -0.2) is 34.2 Å². The molecule has 0 amide bonds. The van der Waals surface area contributed by atoms with Gasteiger partial charge in [0.1, 0.15) is 17.1 Å². The third-order valence-electron chi connectivity index (χ3n) is 3.64. The van der Waals surface area contributed by atoms with Crippen LogP contribution in [0.3, 0.4) is 0 Å². The van der Waals surface area contributed by atoms with Crippen LogP contribution in [0.4, 0.5) is 0 Å². The molecule has 0 unspecified atom stereocenters. The maximum absolute atomic E-state index is 12.1. The molecule has 3 nitrogen and oxygen atoms in total. The van der Waals surface area contributed by atoms with Crippen LogP contribution in [0.25, 0.3) is 0 Å². The predicted octanol–water partition coefficient (Wildman–Crippen LogP) is 2.65. The van der Waals surface area contributed by atoms with Crippen molar-refractivity contribution in [2.24, 2.45) is 0 Å². The van der Waals surface area contributed by atoms with Crippen molar-refractivity contribution >= 4 is 28.1 Å². The van der Waals surface area contributed by atoms with Crippen molar-refractivity contribution in [2.45, 2.75) is 57.3 Å². The van der Waals surface area contributed by atoms with Crippen LogP contribution >= 0.6 is 0 Å². The Bertz CT molecular complexity index is 397. The SMILES string of the molecule is C[C@@H]1OC(=O)[C@@]1(C(=C=O)[Si](C)(C)C)[Si](C)(C)C. The van der Waals surface area contributed by atoms with E-state index in [0.717, 1.165) is 0 Å². The Balaban J connectivity index is 3.48. The molecule has 1 rings (SSSR count). The van der Waals surface area contributed by atoms with E-state index in [0.29, 0.717) is 5.20 Å². The van der Waals surface area contributed by atoms with Crippen molar-refractivity contribution in [3.63, 3.8) is 0 Å². The highest BCUT2D eigenvalue weighted by Crippen LogP contribution is 2.58. The molecule has 2 atom stereocenters. The van der Waals surface area contributed by atoms with Gasteiger partial charge in [-0.05, 0) is 6.92 Å². The van der Waals surface area contributed by atoms with E-state index in [1.807, 2.05) is 6.92 Å². The van der Waals surface area contributed by atoms with Crippen LogP contribution in [0, 0.1) is 0 Å². The molecule has 5 heteroatoms. The van der Waals surface area contributed by atoms with Crippen molar-refractivity contribution in [3.8, 4) is 0 Å². The third-order valence-corrected chi connectivity index (χ3v) is 9.12. The molecule has 0 aliphatic carbocycles. The molecule has 0 aromatic carbocycles. The Morgan fingerprint density at radius 2 is 1.71 bits per heavy atom. The summed E-state index contributed by atoms with van der Waals surface area (Å²) in [7, 11) is -3.74. The van der Waals surface area contributed by atoms with Gasteiger partial charge in [0, 0.05) is 5.20 Å². The van der Waals surface area contributed by atoms with Gasteiger partial charge in [0.2, 0.25) is 0 Å². The zero-order valence-electron chi connectivity index (χ0n) is 11.8. The van der Waals surface area contributed by atoms with Crippen LogP contribution in [0.5, 0.6) is 0 Å². The molecule has 0 N–H and O–H groups in total. The lowest BCUT2D eigenvalue weighted by atomic mass is 9.96. The van der Waals surface area contributed by atoms with Crippen molar-refractivity contribution in [2.75, 3.05) is 0 Å². The first-order valence-corrected chi connectivity index (χ1v) is 13.0. The lowest BCUT2D eigenvalue weighted by Crippen LogP contribution is -2.65. The molecule has 0 aromatic rings. The van der Waals surface area contributed by atoms with Gasteiger partial charge in [-0.3, -0.25) is 4.79 Å². The van der Waals surface area contributed by atoms with E-state index in [1.165, 1.54) is 0 Å². The van der Waals surface area contributed by atoms with Crippen molar-refractivity contribution in [3.05, 3.63) is 5.20 Å². The predicted molar refractivity (Wildman–Crippen MR) is 74.1 cm³/mol. The summed E-state index contributed by atoms with van der Waals surface area (Å²) in [5, 5.41) is 0.0760. The fourth-order valence-electron chi connectivity index (χ4n) is 2.87. The van der Waals surface area contributed by atoms with Crippen LogP contribution in [0.2, 0.25) is 44.3 Å². The van der Waals surface area contributed by atoms with Crippen LogP contribution < -0.4 is 0 Å². The van der Waals surface area contributed by atoms with E-state index >= 15 is 0 Å². The first-order chi connectivity index (χ1) is 7.49. The molecule has 0 spiro atoms. The van der Waals surface area contributed by atoms with E-state index in [9.17, 15) is 9.59 Å². The number of hydrogen-bond acceptors (Lipinski definition) is 3. The van der Waals surface area contributed by atoms with Gasteiger partial charge in [-0.15, -0.1) is 0 Å². The summed E-state index contributed by atoms with van der Waals surface area (Å²) in [6, 6.07) is 0. The van der Waals surface area contributed by atoms with Gasteiger partial charge in [0.15, 0.2) is 0 Å². The maximum Gasteiger partial charge on any atom is 0.317 e. The summed E-state index contributed by atoms with van der Waals surface area (Å²) in [4.78, 5) is 23.5. The highest BCUT2D eigenvalue weighted by atomic mass is 28.3. The number of rotatable bonds is 3. The van der Waals surface area contributed by atoms with Gasteiger partial charge in [0.25, 0.3) is 0 Å². The highest BCUT2D eigenvalue weighted by Gasteiger charge is 2.67. The molecule has 1 heterocycles. The molecule has 1 aliphatic heterocycles. The maximum atomic E-state index is 12.1. The fourth-order valence-corrected chi connectivity index (χ4v) is 9.67. The van der Waals surface area contributed by atoms with Crippen LogP contribution in [-0.2, 0) is 14.3 Å². The standard InChI is InChI=1S/C12H22O3Si2/c1-9-12(11(14)15-9,17(5,6)7)10(8-13)16(2,3)4/h9H,1-7H3/t9-,12+/m0/s1. The molecule has 17 heavy (non-hydrogen) atoms. The fraction of sp³-hybridized carbons (Fsp3) is 0.750. The molecule has 1 fully saturated rings. The van der Waals surface area contributed by atoms with Gasteiger partial charge in [-0.2, -0.15) is 0 Å². The van der Waals surface area contributed by atoms with E-state index in [4.69, 9.17) is 4.74 Å². The molecule has 96 valence electrons. The van der Waals surface area contributed by atoms with Crippen molar-refractivity contribution < 1.29 is 14.3 Å². The highest BCUT2D eigenvalue weighted by molar-refractivity contribution is 6.92. The van der Waals surface area contributed by atoms with E-state index in [-0.39, 0.29) is 12.1 Å². The minimum absolute atomic E-state index is 0.176. The second kappa shape index (κ2) is 3.93. The number of carbonyl (C=O) groups excluding carboxylic acids is 2. The summed E-state index contributed by atoms with van der Waals surface area (Å²) in [5.74, 6) is 1.91. The molecule has 0 bridgehead atoms. The zero-order valence-corrected chi connectivity index (χ0v) is 13.8. The largest absolute Gasteiger partial charge is 0.461 e. The number of ether oxygens (including phenoxy) is 1. The Labute approximate surface area is 105 Å². The Hall–Kier alpha value is -0.646.